The Bertz CT molecular complexity index is 827. The molecule has 1 saturated heterocycles. The molecular formula is C21H29F2N5O. The van der Waals surface area contributed by atoms with Gasteiger partial charge in [-0.15, -0.1) is 0 Å². The van der Waals surface area contributed by atoms with E-state index < -0.39 is 11.6 Å². The van der Waals surface area contributed by atoms with Gasteiger partial charge in [0.25, 0.3) is 0 Å². The van der Waals surface area contributed by atoms with Crippen LogP contribution in [0.15, 0.2) is 27.7 Å². The Balaban J connectivity index is 1.64. The first-order valence-electron chi connectivity index (χ1n) is 10.1. The molecule has 0 radical (unpaired) electrons. The molecule has 2 unspecified atom stereocenters. The number of aryl methyl sites for hydroxylation is 2. The van der Waals surface area contributed by atoms with Crippen molar-refractivity contribution >= 4 is 11.6 Å². The zero-order chi connectivity index (χ0) is 21.0. The first-order valence-corrected chi connectivity index (χ1v) is 10.1. The van der Waals surface area contributed by atoms with Crippen LogP contribution in [0.5, 0.6) is 0 Å². The first kappa shape index (κ1) is 21.1. The summed E-state index contributed by atoms with van der Waals surface area (Å²) >= 11 is 0. The highest BCUT2D eigenvalue weighted by Crippen LogP contribution is 2.27. The number of nitrogens with zero attached hydrogens (tertiary/aromatic N) is 3. The molecule has 8 heteroatoms. The molecule has 2 atom stereocenters. The molecular weight excluding hydrogens is 376 g/mol. The van der Waals surface area contributed by atoms with Crippen LogP contribution >= 0.6 is 0 Å². The van der Waals surface area contributed by atoms with Gasteiger partial charge in [0.15, 0.2) is 5.96 Å². The Morgan fingerprint density at radius 3 is 2.69 bits per heavy atom. The fourth-order valence-corrected chi connectivity index (χ4v) is 3.90. The van der Waals surface area contributed by atoms with Gasteiger partial charge in [0.1, 0.15) is 23.1 Å². The smallest absolute Gasteiger partial charge is 0.191 e. The molecule has 1 aromatic carbocycles. The van der Waals surface area contributed by atoms with Crippen molar-refractivity contribution in [2.45, 2.75) is 46.1 Å². The molecule has 3 rings (SSSR count). The van der Waals surface area contributed by atoms with Crippen molar-refractivity contribution in [3.05, 3.63) is 46.9 Å². The zero-order valence-corrected chi connectivity index (χ0v) is 17.4. The van der Waals surface area contributed by atoms with Crippen LogP contribution in [0.3, 0.4) is 0 Å². The SMILES string of the molecule is CCNC(=NCC(C)c1c(C)noc1C)NC1CCN(c2c(F)cccc2F)C1. The highest BCUT2D eigenvalue weighted by Gasteiger charge is 2.27. The quantitative estimate of drug-likeness (QED) is 0.569. The highest BCUT2D eigenvalue weighted by atomic mass is 19.1. The Hall–Kier alpha value is -2.64. The lowest BCUT2D eigenvalue weighted by atomic mass is 10.00. The molecule has 2 N–H and O–H groups in total. The molecule has 0 spiro atoms. The monoisotopic (exact) mass is 405 g/mol. The van der Waals surface area contributed by atoms with E-state index >= 15 is 0 Å². The Labute approximate surface area is 170 Å². The summed E-state index contributed by atoms with van der Waals surface area (Å²) in [6.45, 7) is 10.4. The fraction of sp³-hybridized carbons (Fsp3) is 0.524. The number of hydrogen-bond acceptors (Lipinski definition) is 4. The summed E-state index contributed by atoms with van der Waals surface area (Å²) in [4.78, 5) is 6.45. The van der Waals surface area contributed by atoms with Gasteiger partial charge in [-0.1, -0.05) is 18.1 Å². The molecule has 1 aliphatic rings. The number of para-hydroxylation sites is 1. The summed E-state index contributed by atoms with van der Waals surface area (Å²) < 4.78 is 33.4. The number of hydrogen-bond donors (Lipinski definition) is 2. The number of halogens is 2. The molecule has 2 aromatic rings. The summed E-state index contributed by atoms with van der Waals surface area (Å²) in [7, 11) is 0. The largest absolute Gasteiger partial charge is 0.365 e. The van der Waals surface area contributed by atoms with Gasteiger partial charge in [-0.2, -0.15) is 0 Å². The minimum absolute atomic E-state index is 0.0470. The minimum atomic E-state index is -0.528. The summed E-state index contributed by atoms with van der Waals surface area (Å²) in [5.41, 5.74) is 2.03. The van der Waals surface area contributed by atoms with E-state index in [0.29, 0.717) is 25.6 Å². The molecule has 158 valence electrons. The van der Waals surface area contributed by atoms with Crippen LogP contribution in [-0.4, -0.2) is 43.3 Å². The topological polar surface area (TPSA) is 65.7 Å². The minimum Gasteiger partial charge on any atom is -0.365 e. The van der Waals surface area contributed by atoms with Gasteiger partial charge in [-0.25, -0.2) is 8.78 Å². The van der Waals surface area contributed by atoms with Crippen LogP contribution in [0.4, 0.5) is 14.5 Å². The van der Waals surface area contributed by atoms with Gasteiger partial charge in [-0.3, -0.25) is 4.99 Å². The van der Waals surface area contributed by atoms with E-state index in [9.17, 15) is 8.78 Å². The number of guanidine groups is 1. The maximum absolute atomic E-state index is 14.1. The molecule has 2 heterocycles. The van der Waals surface area contributed by atoms with Gasteiger partial charge < -0.3 is 20.1 Å². The van der Waals surface area contributed by atoms with Crippen LogP contribution < -0.4 is 15.5 Å². The number of benzene rings is 1. The van der Waals surface area contributed by atoms with Gasteiger partial charge in [0.2, 0.25) is 0 Å². The number of rotatable bonds is 6. The fourth-order valence-electron chi connectivity index (χ4n) is 3.90. The number of aliphatic imine (C=N–C) groups is 1. The van der Waals surface area contributed by atoms with E-state index in [1.807, 2.05) is 20.8 Å². The predicted octanol–water partition coefficient (Wildman–Crippen LogP) is 3.51. The highest BCUT2D eigenvalue weighted by molar-refractivity contribution is 5.80. The average Bonchev–Trinajstić information content (AvgIpc) is 3.26. The van der Waals surface area contributed by atoms with Crippen LogP contribution in [-0.2, 0) is 0 Å². The standard InChI is InChI=1S/C21H29F2N5O/c1-5-24-21(25-11-13(2)19-14(3)27-29-15(19)4)26-16-9-10-28(12-16)20-17(22)7-6-8-18(20)23/h6-8,13,16H,5,9-12H2,1-4H3,(H2,24,25,26). The van der Waals surface area contributed by atoms with Crippen LogP contribution in [0, 0.1) is 25.5 Å². The third-order valence-corrected chi connectivity index (χ3v) is 5.23. The predicted molar refractivity (Wildman–Crippen MR) is 110 cm³/mol. The summed E-state index contributed by atoms with van der Waals surface area (Å²) in [5.74, 6) is 0.636. The lowest BCUT2D eigenvalue weighted by Gasteiger charge is -2.21. The van der Waals surface area contributed by atoms with E-state index in [2.05, 4.69) is 22.7 Å². The molecule has 1 aliphatic heterocycles. The second-order valence-electron chi connectivity index (χ2n) is 7.50. The second-order valence-corrected chi connectivity index (χ2v) is 7.50. The average molecular weight is 405 g/mol. The third-order valence-electron chi connectivity index (χ3n) is 5.23. The lowest BCUT2D eigenvalue weighted by Crippen LogP contribution is -2.45. The van der Waals surface area contributed by atoms with Crippen molar-refractivity contribution in [2.24, 2.45) is 4.99 Å². The number of anilines is 1. The van der Waals surface area contributed by atoms with Crippen LogP contribution in [0.2, 0.25) is 0 Å². The van der Waals surface area contributed by atoms with Crippen molar-refractivity contribution < 1.29 is 13.3 Å². The molecule has 0 saturated carbocycles. The van der Waals surface area contributed by atoms with Crippen molar-refractivity contribution in [3.8, 4) is 0 Å². The molecule has 0 aliphatic carbocycles. The Kier molecular flexibility index (Phi) is 6.71. The van der Waals surface area contributed by atoms with E-state index in [-0.39, 0.29) is 17.6 Å². The summed E-state index contributed by atoms with van der Waals surface area (Å²) in [5, 5.41) is 10.7. The lowest BCUT2D eigenvalue weighted by molar-refractivity contribution is 0.391. The molecule has 1 aromatic heterocycles. The normalized spacial score (nSPS) is 18.2. The maximum atomic E-state index is 14.1. The summed E-state index contributed by atoms with van der Waals surface area (Å²) in [6, 6.07) is 4.03. The van der Waals surface area contributed by atoms with Crippen molar-refractivity contribution in [1.82, 2.24) is 15.8 Å². The molecule has 1 fully saturated rings. The zero-order valence-electron chi connectivity index (χ0n) is 17.4. The van der Waals surface area contributed by atoms with Gasteiger partial charge >= 0.3 is 0 Å². The van der Waals surface area contributed by atoms with E-state index in [0.717, 1.165) is 30.0 Å². The van der Waals surface area contributed by atoms with E-state index in [4.69, 9.17) is 9.52 Å². The Morgan fingerprint density at radius 2 is 2.07 bits per heavy atom. The molecule has 29 heavy (non-hydrogen) atoms. The van der Waals surface area contributed by atoms with E-state index in [1.54, 1.807) is 4.90 Å². The number of aromatic nitrogens is 1. The van der Waals surface area contributed by atoms with Gasteiger partial charge in [0.05, 0.1) is 5.69 Å². The van der Waals surface area contributed by atoms with Gasteiger partial charge in [0, 0.05) is 43.7 Å². The third kappa shape index (κ3) is 4.86. The van der Waals surface area contributed by atoms with Crippen molar-refractivity contribution in [1.29, 1.82) is 0 Å². The van der Waals surface area contributed by atoms with Crippen molar-refractivity contribution in [3.63, 3.8) is 0 Å². The molecule has 0 amide bonds. The molecule has 6 nitrogen and oxygen atoms in total. The molecule has 0 bridgehead atoms. The Morgan fingerprint density at radius 1 is 1.34 bits per heavy atom. The van der Waals surface area contributed by atoms with Crippen LogP contribution in [0.25, 0.3) is 0 Å². The second kappa shape index (κ2) is 9.24. The first-order chi connectivity index (χ1) is 13.9. The van der Waals surface area contributed by atoms with Crippen LogP contribution in [0.1, 0.15) is 43.2 Å². The van der Waals surface area contributed by atoms with Crippen molar-refractivity contribution in [2.75, 3.05) is 31.1 Å². The van der Waals surface area contributed by atoms with E-state index in [1.165, 1.54) is 18.2 Å². The maximum Gasteiger partial charge on any atom is 0.191 e. The van der Waals surface area contributed by atoms with Gasteiger partial charge in [-0.05, 0) is 39.3 Å². The summed E-state index contributed by atoms with van der Waals surface area (Å²) in [6.07, 6.45) is 0.775. The number of nitrogens with one attached hydrogen (secondary N) is 2.